The molecular formula is C13H15N3O3S. The van der Waals surface area contributed by atoms with Crippen LogP contribution in [0.4, 0.5) is 11.4 Å². The van der Waals surface area contributed by atoms with Crippen molar-refractivity contribution >= 4 is 21.4 Å². The molecule has 2 aromatic rings. The van der Waals surface area contributed by atoms with Gasteiger partial charge >= 0.3 is 0 Å². The second-order valence-corrected chi connectivity index (χ2v) is 6.56. The molecule has 7 heteroatoms. The third kappa shape index (κ3) is 2.77. The van der Waals surface area contributed by atoms with E-state index in [1.165, 1.54) is 0 Å². The predicted molar refractivity (Wildman–Crippen MR) is 76.1 cm³/mol. The molecule has 2 heterocycles. The fourth-order valence-electron chi connectivity index (χ4n) is 2.26. The highest BCUT2D eigenvalue weighted by Gasteiger charge is 2.16. The van der Waals surface area contributed by atoms with E-state index in [2.05, 4.69) is 15.2 Å². The van der Waals surface area contributed by atoms with Gasteiger partial charge in [0.2, 0.25) is 10.0 Å². The maximum Gasteiger partial charge on any atom is 0.238 e. The predicted octanol–water partition coefficient (Wildman–Crippen LogP) is 1.89. The monoisotopic (exact) mass is 293 g/mol. The molecule has 3 rings (SSSR count). The molecule has 1 aliphatic heterocycles. The SMILES string of the molecule is Cc1cc(CS(=O)(=O)Nc2ccc3c(c2)CCN3)no1. The van der Waals surface area contributed by atoms with Gasteiger partial charge in [-0.1, -0.05) is 5.16 Å². The Kier molecular flexibility index (Phi) is 3.13. The number of rotatable bonds is 4. The van der Waals surface area contributed by atoms with Crippen molar-refractivity contribution in [1.29, 1.82) is 0 Å². The van der Waals surface area contributed by atoms with E-state index in [4.69, 9.17) is 4.52 Å². The third-order valence-electron chi connectivity index (χ3n) is 3.10. The second-order valence-electron chi connectivity index (χ2n) is 4.84. The van der Waals surface area contributed by atoms with E-state index >= 15 is 0 Å². The molecule has 0 amide bonds. The van der Waals surface area contributed by atoms with E-state index in [1.807, 2.05) is 12.1 Å². The smallest absolute Gasteiger partial charge is 0.238 e. The van der Waals surface area contributed by atoms with Crippen molar-refractivity contribution in [1.82, 2.24) is 5.16 Å². The number of nitrogens with zero attached hydrogens (tertiary/aromatic N) is 1. The van der Waals surface area contributed by atoms with Crippen molar-refractivity contribution < 1.29 is 12.9 Å². The molecule has 0 fully saturated rings. The molecule has 0 atom stereocenters. The molecule has 2 N–H and O–H groups in total. The molecule has 1 aromatic carbocycles. The molecule has 0 unspecified atom stereocenters. The lowest BCUT2D eigenvalue weighted by molar-refractivity contribution is 0.392. The van der Waals surface area contributed by atoms with Crippen LogP contribution in [0.15, 0.2) is 28.8 Å². The number of sulfonamides is 1. The Bertz CT molecular complexity index is 737. The van der Waals surface area contributed by atoms with Crippen molar-refractivity contribution in [3.63, 3.8) is 0 Å². The molecule has 0 spiro atoms. The first-order chi connectivity index (χ1) is 9.52. The first-order valence-corrected chi connectivity index (χ1v) is 7.96. The molecule has 0 saturated carbocycles. The Hall–Kier alpha value is -2.02. The van der Waals surface area contributed by atoms with E-state index in [0.717, 1.165) is 24.2 Å². The minimum absolute atomic E-state index is 0.195. The van der Waals surface area contributed by atoms with Gasteiger partial charge in [-0.05, 0) is 37.1 Å². The summed E-state index contributed by atoms with van der Waals surface area (Å²) in [6, 6.07) is 7.12. The van der Waals surface area contributed by atoms with Gasteiger partial charge in [-0.3, -0.25) is 4.72 Å². The molecule has 1 aromatic heterocycles. The number of anilines is 2. The summed E-state index contributed by atoms with van der Waals surface area (Å²) in [7, 11) is -3.48. The van der Waals surface area contributed by atoms with Gasteiger partial charge in [-0.25, -0.2) is 8.42 Å². The van der Waals surface area contributed by atoms with Crippen LogP contribution in [0, 0.1) is 6.92 Å². The van der Waals surface area contributed by atoms with E-state index in [-0.39, 0.29) is 5.75 Å². The van der Waals surface area contributed by atoms with E-state index in [1.54, 1.807) is 19.1 Å². The number of hydrogen-bond acceptors (Lipinski definition) is 5. The summed E-state index contributed by atoms with van der Waals surface area (Å²) in [5.74, 6) is 0.401. The summed E-state index contributed by atoms with van der Waals surface area (Å²) in [6.45, 7) is 2.62. The summed E-state index contributed by atoms with van der Waals surface area (Å²) in [6.07, 6.45) is 0.910. The van der Waals surface area contributed by atoms with Gasteiger partial charge in [0.15, 0.2) is 0 Å². The minimum Gasteiger partial charge on any atom is -0.384 e. The maximum absolute atomic E-state index is 12.1. The summed E-state index contributed by atoms with van der Waals surface area (Å²) in [5, 5.41) is 6.93. The number of fused-ring (bicyclic) bond motifs is 1. The fourth-order valence-corrected chi connectivity index (χ4v) is 3.35. The first kappa shape index (κ1) is 13.0. The highest BCUT2D eigenvalue weighted by atomic mass is 32.2. The highest BCUT2D eigenvalue weighted by Crippen LogP contribution is 2.26. The van der Waals surface area contributed by atoms with Crippen LogP contribution in [0.1, 0.15) is 17.0 Å². The molecule has 106 valence electrons. The number of hydrogen-bond donors (Lipinski definition) is 2. The van der Waals surface area contributed by atoms with Crippen molar-refractivity contribution in [2.75, 3.05) is 16.6 Å². The molecule has 0 aliphatic carbocycles. The summed E-state index contributed by atoms with van der Waals surface area (Å²) >= 11 is 0. The van der Waals surface area contributed by atoms with Crippen molar-refractivity contribution in [3.05, 3.63) is 41.3 Å². The van der Waals surface area contributed by atoms with Gasteiger partial charge in [-0.2, -0.15) is 0 Å². The highest BCUT2D eigenvalue weighted by molar-refractivity contribution is 7.91. The quantitative estimate of drug-likeness (QED) is 0.899. The van der Waals surface area contributed by atoms with Crippen molar-refractivity contribution in [2.24, 2.45) is 0 Å². The molecule has 0 bridgehead atoms. The first-order valence-electron chi connectivity index (χ1n) is 6.31. The summed E-state index contributed by atoms with van der Waals surface area (Å²) in [5.41, 5.74) is 3.17. The lowest BCUT2D eigenvalue weighted by Gasteiger charge is -2.08. The zero-order chi connectivity index (χ0) is 14.2. The third-order valence-corrected chi connectivity index (χ3v) is 4.33. The number of aryl methyl sites for hydroxylation is 1. The van der Waals surface area contributed by atoms with E-state index in [9.17, 15) is 8.42 Å². The summed E-state index contributed by atoms with van der Waals surface area (Å²) < 4.78 is 31.6. The maximum atomic E-state index is 12.1. The number of benzene rings is 1. The van der Waals surface area contributed by atoms with Gasteiger partial charge in [0, 0.05) is 24.0 Å². The molecule has 6 nitrogen and oxygen atoms in total. The molecule has 0 radical (unpaired) electrons. The standard InChI is InChI=1S/C13H15N3O3S/c1-9-6-12(15-19-9)8-20(17,18)16-11-2-3-13-10(7-11)4-5-14-13/h2-3,6-7,14,16H,4-5,8H2,1H3. The fraction of sp³-hybridized carbons (Fsp3) is 0.308. The van der Waals surface area contributed by atoms with Gasteiger partial charge < -0.3 is 9.84 Å². The van der Waals surface area contributed by atoms with Crippen molar-refractivity contribution in [2.45, 2.75) is 19.1 Å². The van der Waals surface area contributed by atoms with Crippen LogP contribution in [0.2, 0.25) is 0 Å². The van der Waals surface area contributed by atoms with Gasteiger partial charge in [-0.15, -0.1) is 0 Å². The van der Waals surface area contributed by atoms with Crippen LogP contribution >= 0.6 is 0 Å². The lowest BCUT2D eigenvalue weighted by Crippen LogP contribution is -2.15. The van der Waals surface area contributed by atoms with Crippen LogP contribution in [-0.4, -0.2) is 20.1 Å². The Morgan fingerprint density at radius 1 is 1.40 bits per heavy atom. The van der Waals surface area contributed by atoms with Crippen LogP contribution in [0.25, 0.3) is 0 Å². The van der Waals surface area contributed by atoms with Crippen LogP contribution in [0.5, 0.6) is 0 Å². The summed E-state index contributed by atoms with van der Waals surface area (Å²) in [4.78, 5) is 0. The van der Waals surface area contributed by atoms with Gasteiger partial charge in [0.25, 0.3) is 0 Å². The van der Waals surface area contributed by atoms with Crippen LogP contribution in [0.3, 0.4) is 0 Å². The Labute approximate surface area is 117 Å². The Morgan fingerprint density at radius 3 is 3.00 bits per heavy atom. The normalized spacial score (nSPS) is 13.8. The average molecular weight is 293 g/mol. The van der Waals surface area contributed by atoms with Gasteiger partial charge in [0.05, 0.1) is 0 Å². The molecule has 1 aliphatic rings. The topological polar surface area (TPSA) is 84.2 Å². The van der Waals surface area contributed by atoms with Crippen LogP contribution in [-0.2, 0) is 22.2 Å². The number of nitrogens with one attached hydrogen (secondary N) is 2. The zero-order valence-electron chi connectivity index (χ0n) is 11.0. The molecular weight excluding hydrogens is 278 g/mol. The van der Waals surface area contributed by atoms with E-state index < -0.39 is 10.0 Å². The Balaban J connectivity index is 1.76. The second kappa shape index (κ2) is 4.82. The lowest BCUT2D eigenvalue weighted by atomic mass is 10.1. The molecule has 20 heavy (non-hydrogen) atoms. The zero-order valence-corrected chi connectivity index (χ0v) is 11.8. The van der Waals surface area contributed by atoms with Crippen molar-refractivity contribution in [3.8, 4) is 0 Å². The number of aromatic nitrogens is 1. The van der Waals surface area contributed by atoms with Crippen LogP contribution < -0.4 is 10.0 Å². The molecule has 0 saturated heterocycles. The Morgan fingerprint density at radius 2 is 2.25 bits per heavy atom. The average Bonchev–Trinajstić information content (AvgIpc) is 2.96. The van der Waals surface area contributed by atoms with E-state index in [0.29, 0.717) is 17.1 Å². The largest absolute Gasteiger partial charge is 0.384 e. The minimum atomic E-state index is -3.48. The van der Waals surface area contributed by atoms with Gasteiger partial charge in [0.1, 0.15) is 17.2 Å².